The van der Waals surface area contributed by atoms with Crippen molar-refractivity contribution in [2.75, 3.05) is 0 Å². The van der Waals surface area contributed by atoms with Gasteiger partial charge in [0.1, 0.15) is 5.01 Å². The van der Waals surface area contributed by atoms with Gasteiger partial charge < -0.3 is 5.32 Å². The van der Waals surface area contributed by atoms with E-state index in [0.29, 0.717) is 28.2 Å². The van der Waals surface area contributed by atoms with Crippen LogP contribution in [0.25, 0.3) is 0 Å². The summed E-state index contributed by atoms with van der Waals surface area (Å²) in [6.45, 7) is 3.29. The van der Waals surface area contributed by atoms with Crippen LogP contribution in [-0.2, 0) is 13.1 Å². The molecule has 2 rings (SSSR count). The van der Waals surface area contributed by atoms with E-state index in [1.54, 1.807) is 23.5 Å². The molecule has 1 heterocycles. The molecule has 0 spiro atoms. The van der Waals surface area contributed by atoms with E-state index in [9.17, 15) is 0 Å². The fourth-order valence-corrected chi connectivity index (χ4v) is 2.95. The van der Waals surface area contributed by atoms with Gasteiger partial charge in [-0.25, -0.2) is 4.98 Å². The number of hydrogen-bond acceptors (Lipinski definition) is 3. The van der Waals surface area contributed by atoms with Crippen molar-refractivity contribution in [3.05, 3.63) is 48.8 Å². The summed E-state index contributed by atoms with van der Waals surface area (Å²) in [6.07, 6.45) is 1.86. The van der Waals surface area contributed by atoms with Crippen molar-refractivity contribution in [3.63, 3.8) is 0 Å². The number of thiazole rings is 1. The molecule has 0 bridgehead atoms. The van der Waals surface area contributed by atoms with Crippen molar-refractivity contribution in [1.29, 1.82) is 0 Å². The molecule has 0 amide bonds. The molecule has 1 aromatic carbocycles. The highest BCUT2D eigenvalue weighted by Crippen LogP contribution is 2.31. The predicted octanol–water partition coefficient (Wildman–Crippen LogP) is 4.70. The largest absolute Gasteiger partial charge is 0.306 e. The van der Waals surface area contributed by atoms with Crippen LogP contribution in [0.4, 0.5) is 0 Å². The van der Waals surface area contributed by atoms with Gasteiger partial charge in [0.25, 0.3) is 0 Å². The van der Waals surface area contributed by atoms with Crippen LogP contribution in [0.5, 0.6) is 0 Å². The topological polar surface area (TPSA) is 24.9 Å². The minimum Gasteiger partial charge on any atom is -0.306 e. The second-order valence-electron chi connectivity index (χ2n) is 3.79. The molecule has 1 aromatic heterocycles. The van der Waals surface area contributed by atoms with Crippen molar-refractivity contribution >= 4 is 46.1 Å². The zero-order valence-electron chi connectivity index (χ0n) is 9.64. The van der Waals surface area contributed by atoms with Crippen LogP contribution in [0.15, 0.2) is 18.3 Å². The van der Waals surface area contributed by atoms with Crippen LogP contribution < -0.4 is 5.32 Å². The molecule has 96 valence electrons. The Morgan fingerprint density at radius 2 is 1.89 bits per heavy atom. The molecular weight excluding hydrogens is 311 g/mol. The third-order valence-electron chi connectivity index (χ3n) is 2.39. The van der Waals surface area contributed by atoms with Crippen molar-refractivity contribution in [1.82, 2.24) is 10.3 Å². The molecule has 2 nitrogen and oxygen atoms in total. The van der Waals surface area contributed by atoms with Gasteiger partial charge in [0.15, 0.2) is 0 Å². The SMILES string of the molecule is Cc1cnc(CNCc2c(Cl)ccc(Cl)c2Cl)s1. The summed E-state index contributed by atoms with van der Waals surface area (Å²) in [5, 5.41) is 5.94. The molecule has 0 fully saturated rings. The quantitative estimate of drug-likeness (QED) is 0.826. The zero-order chi connectivity index (χ0) is 13.1. The Kier molecular flexibility index (Phi) is 4.87. The smallest absolute Gasteiger partial charge is 0.107 e. The maximum Gasteiger partial charge on any atom is 0.107 e. The highest BCUT2D eigenvalue weighted by atomic mass is 35.5. The third-order valence-corrected chi connectivity index (χ3v) is 4.50. The summed E-state index contributed by atoms with van der Waals surface area (Å²) in [5.41, 5.74) is 0.819. The Morgan fingerprint density at radius 1 is 1.17 bits per heavy atom. The highest BCUT2D eigenvalue weighted by molar-refractivity contribution is 7.11. The molecule has 6 heteroatoms. The van der Waals surface area contributed by atoms with Gasteiger partial charge in [-0.05, 0) is 19.1 Å². The Balaban J connectivity index is 2.00. The van der Waals surface area contributed by atoms with E-state index in [1.165, 1.54) is 4.88 Å². The summed E-state index contributed by atoms with van der Waals surface area (Å²) in [4.78, 5) is 5.47. The number of halogens is 3. The minimum absolute atomic E-state index is 0.506. The van der Waals surface area contributed by atoms with Crippen molar-refractivity contribution in [3.8, 4) is 0 Å². The van der Waals surface area contributed by atoms with Gasteiger partial charge in [-0.2, -0.15) is 0 Å². The summed E-state index contributed by atoms with van der Waals surface area (Å²) in [5.74, 6) is 0. The first-order valence-electron chi connectivity index (χ1n) is 5.32. The van der Waals surface area contributed by atoms with Gasteiger partial charge in [0.05, 0.1) is 10.0 Å². The summed E-state index contributed by atoms with van der Waals surface area (Å²) in [7, 11) is 0. The maximum atomic E-state index is 6.11. The molecule has 1 N–H and O–H groups in total. The van der Waals surface area contributed by atoms with Gasteiger partial charge in [-0.15, -0.1) is 11.3 Å². The summed E-state index contributed by atoms with van der Waals surface area (Å²) in [6, 6.07) is 3.44. The second kappa shape index (κ2) is 6.22. The van der Waals surface area contributed by atoms with Gasteiger partial charge in [0.2, 0.25) is 0 Å². The predicted molar refractivity (Wildman–Crippen MR) is 78.9 cm³/mol. The first-order valence-corrected chi connectivity index (χ1v) is 7.27. The number of rotatable bonds is 4. The van der Waals surface area contributed by atoms with Crippen LogP contribution >= 0.6 is 46.1 Å². The van der Waals surface area contributed by atoms with Crippen LogP contribution in [0.1, 0.15) is 15.4 Å². The van der Waals surface area contributed by atoms with Crippen molar-refractivity contribution in [2.45, 2.75) is 20.0 Å². The first-order chi connectivity index (χ1) is 8.58. The van der Waals surface area contributed by atoms with E-state index in [4.69, 9.17) is 34.8 Å². The molecule has 0 aliphatic heterocycles. The van der Waals surface area contributed by atoms with Gasteiger partial charge in [-0.3, -0.25) is 0 Å². The molecule has 0 aliphatic carbocycles. The highest BCUT2D eigenvalue weighted by Gasteiger charge is 2.09. The number of nitrogens with zero attached hydrogens (tertiary/aromatic N) is 1. The van der Waals surface area contributed by atoms with Gasteiger partial charge in [-0.1, -0.05) is 34.8 Å². The number of aromatic nitrogens is 1. The van der Waals surface area contributed by atoms with E-state index >= 15 is 0 Å². The molecule has 0 radical (unpaired) electrons. The summed E-state index contributed by atoms with van der Waals surface area (Å²) >= 11 is 19.8. The maximum absolute atomic E-state index is 6.11. The normalized spacial score (nSPS) is 10.9. The molecule has 18 heavy (non-hydrogen) atoms. The Morgan fingerprint density at radius 3 is 2.56 bits per heavy atom. The van der Waals surface area contributed by atoms with Crippen molar-refractivity contribution in [2.24, 2.45) is 0 Å². The van der Waals surface area contributed by atoms with Gasteiger partial charge in [0, 0.05) is 34.7 Å². The van der Waals surface area contributed by atoms with E-state index in [0.717, 1.165) is 10.6 Å². The molecular formula is C12H11Cl3N2S. The molecule has 2 aromatic rings. The monoisotopic (exact) mass is 320 g/mol. The van der Waals surface area contributed by atoms with E-state index < -0.39 is 0 Å². The zero-order valence-corrected chi connectivity index (χ0v) is 12.7. The third kappa shape index (κ3) is 3.37. The molecule has 0 aliphatic rings. The average molecular weight is 322 g/mol. The second-order valence-corrected chi connectivity index (χ2v) is 6.30. The van der Waals surface area contributed by atoms with Crippen LogP contribution in [0.2, 0.25) is 15.1 Å². The molecule has 0 saturated carbocycles. The van der Waals surface area contributed by atoms with E-state index in [2.05, 4.69) is 10.3 Å². The minimum atomic E-state index is 0.506. The average Bonchev–Trinajstić information content (AvgIpc) is 2.74. The van der Waals surface area contributed by atoms with Gasteiger partial charge >= 0.3 is 0 Å². The van der Waals surface area contributed by atoms with Crippen molar-refractivity contribution < 1.29 is 0 Å². The van der Waals surface area contributed by atoms with Crippen LogP contribution in [0, 0.1) is 6.92 Å². The number of nitrogens with one attached hydrogen (secondary N) is 1. The Bertz CT molecular complexity index is 554. The lowest BCUT2D eigenvalue weighted by molar-refractivity contribution is 0.690. The first kappa shape index (κ1) is 14.1. The molecule has 0 atom stereocenters. The molecule has 0 unspecified atom stereocenters. The van der Waals surface area contributed by atoms with Crippen LogP contribution in [0.3, 0.4) is 0 Å². The molecule has 0 saturated heterocycles. The fraction of sp³-hybridized carbons (Fsp3) is 0.250. The van der Waals surface area contributed by atoms with Crippen LogP contribution in [-0.4, -0.2) is 4.98 Å². The van der Waals surface area contributed by atoms with E-state index in [1.807, 2.05) is 13.1 Å². The number of aryl methyl sites for hydroxylation is 1. The standard InChI is InChI=1S/C12H11Cl3N2S/c1-7-4-17-11(18-7)6-16-5-8-9(13)2-3-10(14)12(8)15/h2-4,16H,5-6H2,1H3. The summed E-state index contributed by atoms with van der Waals surface area (Å²) < 4.78 is 0. The number of benzene rings is 1. The number of hydrogen-bond donors (Lipinski definition) is 1. The lowest BCUT2D eigenvalue weighted by Gasteiger charge is -2.09. The Labute approximate surface area is 125 Å². The fourth-order valence-electron chi connectivity index (χ4n) is 1.51. The lowest BCUT2D eigenvalue weighted by atomic mass is 10.2. The van der Waals surface area contributed by atoms with E-state index in [-0.39, 0.29) is 0 Å². The lowest BCUT2D eigenvalue weighted by Crippen LogP contribution is -2.13. The Hall–Kier alpha value is -0.320.